The smallest absolute Gasteiger partial charge is 0.255 e. The molecule has 2 heterocycles. The van der Waals surface area contributed by atoms with E-state index in [1.54, 1.807) is 4.90 Å². The first-order valence-electron chi connectivity index (χ1n) is 13.3. The lowest BCUT2D eigenvalue weighted by molar-refractivity contribution is -0.136. The third-order valence-electron chi connectivity index (χ3n) is 6.72. The molecule has 11 nitrogen and oxygen atoms in total. The molecule has 1 saturated heterocycles. The SMILES string of the molecule is C=C(CNc1ccccc1-c1cccc2c1C(=O)N(C1CCC(=O)NC1=O)C2)NCCOCCOCCOCO. The second-order valence-corrected chi connectivity index (χ2v) is 9.43. The molecule has 0 radical (unpaired) electrons. The minimum atomic E-state index is -0.656. The van der Waals surface area contributed by atoms with Gasteiger partial charge in [-0.15, -0.1) is 0 Å². The number of aliphatic hydroxyl groups is 1. The summed E-state index contributed by atoms with van der Waals surface area (Å²) in [6.07, 6.45) is 0.545. The van der Waals surface area contributed by atoms with Crippen LogP contribution in [0.2, 0.25) is 0 Å². The number of fused-ring (bicyclic) bond motifs is 1. The molecule has 0 aliphatic carbocycles. The van der Waals surface area contributed by atoms with E-state index in [0.717, 1.165) is 28.1 Å². The lowest BCUT2D eigenvalue weighted by atomic mass is 9.95. The first-order chi connectivity index (χ1) is 19.5. The Hall–Kier alpha value is -3.77. The summed E-state index contributed by atoms with van der Waals surface area (Å²) in [7, 11) is 0. The number of imide groups is 1. The fraction of sp³-hybridized carbons (Fsp3) is 0.414. The number of carbonyl (C=O) groups excluding carboxylic acids is 3. The fourth-order valence-corrected chi connectivity index (χ4v) is 4.78. The molecule has 4 N–H and O–H groups in total. The molecule has 0 saturated carbocycles. The Bertz CT molecular complexity index is 1220. The maximum Gasteiger partial charge on any atom is 0.255 e. The van der Waals surface area contributed by atoms with Gasteiger partial charge >= 0.3 is 0 Å². The van der Waals surface area contributed by atoms with E-state index in [4.69, 9.17) is 19.3 Å². The van der Waals surface area contributed by atoms with Crippen LogP contribution >= 0.6 is 0 Å². The molecule has 2 aliphatic rings. The summed E-state index contributed by atoms with van der Waals surface area (Å²) in [5.41, 5.74) is 4.74. The maximum atomic E-state index is 13.5. The predicted octanol–water partition coefficient (Wildman–Crippen LogP) is 1.63. The predicted molar refractivity (Wildman–Crippen MR) is 148 cm³/mol. The summed E-state index contributed by atoms with van der Waals surface area (Å²) >= 11 is 0. The highest BCUT2D eigenvalue weighted by atomic mass is 16.6. The Morgan fingerprint density at radius 2 is 1.70 bits per heavy atom. The van der Waals surface area contributed by atoms with Gasteiger partial charge < -0.3 is 34.9 Å². The molecule has 4 rings (SSSR count). The zero-order chi connectivity index (χ0) is 28.3. The van der Waals surface area contributed by atoms with Crippen LogP contribution in [0.15, 0.2) is 54.7 Å². The number of hydrogen-bond acceptors (Lipinski definition) is 9. The highest BCUT2D eigenvalue weighted by molar-refractivity contribution is 6.09. The van der Waals surface area contributed by atoms with E-state index in [9.17, 15) is 14.4 Å². The number of nitrogens with zero attached hydrogens (tertiary/aromatic N) is 1. The van der Waals surface area contributed by atoms with Gasteiger partial charge in [0.1, 0.15) is 12.8 Å². The van der Waals surface area contributed by atoms with Crippen LogP contribution in [0.4, 0.5) is 5.69 Å². The Kier molecular flexibility index (Phi) is 10.6. The number of amides is 3. The lowest BCUT2D eigenvalue weighted by Crippen LogP contribution is -2.52. The fourth-order valence-electron chi connectivity index (χ4n) is 4.78. The zero-order valence-electron chi connectivity index (χ0n) is 22.4. The van der Waals surface area contributed by atoms with E-state index >= 15 is 0 Å². The van der Waals surface area contributed by atoms with Crippen molar-refractivity contribution in [3.8, 4) is 11.1 Å². The summed E-state index contributed by atoms with van der Waals surface area (Å²) in [5.74, 6) is -0.929. The highest BCUT2D eigenvalue weighted by Gasteiger charge is 2.40. The van der Waals surface area contributed by atoms with Crippen molar-refractivity contribution in [1.82, 2.24) is 15.5 Å². The number of carbonyl (C=O) groups is 3. The minimum absolute atomic E-state index is 0.204. The van der Waals surface area contributed by atoms with E-state index in [0.29, 0.717) is 64.7 Å². The van der Waals surface area contributed by atoms with Crippen molar-refractivity contribution >= 4 is 23.4 Å². The average Bonchev–Trinajstić information content (AvgIpc) is 3.29. The van der Waals surface area contributed by atoms with Gasteiger partial charge in [-0.05, 0) is 23.6 Å². The Labute approximate surface area is 233 Å². The van der Waals surface area contributed by atoms with Crippen molar-refractivity contribution in [3.63, 3.8) is 0 Å². The molecule has 2 aromatic rings. The first kappa shape index (κ1) is 29.2. The van der Waals surface area contributed by atoms with Crippen molar-refractivity contribution in [1.29, 1.82) is 0 Å². The van der Waals surface area contributed by atoms with Gasteiger partial charge in [-0.2, -0.15) is 0 Å². The van der Waals surface area contributed by atoms with Gasteiger partial charge in [0.2, 0.25) is 11.8 Å². The van der Waals surface area contributed by atoms with E-state index in [-0.39, 0.29) is 25.0 Å². The molecular weight excluding hydrogens is 516 g/mol. The summed E-state index contributed by atoms with van der Waals surface area (Å²) in [4.78, 5) is 39.2. The number of benzene rings is 2. The molecular formula is C29H36N4O7. The Morgan fingerprint density at radius 3 is 2.48 bits per heavy atom. The van der Waals surface area contributed by atoms with Gasteiger partial charge in [0.25, 0.3) is 5.91 Å². The summed E-state index contributed by atoms with van der Waals surface area (Å²) in [5, 5.41) is 17.5. The van der Waals surface area contributed by atoms with Crippen LogP contribution in [-0.4, -0.2) is 86.7 Å². The number of ether oxygens (including phenoxy) is 3. The average molecular weight is 553 g/mol. The van der Waals surface area contributed by atoms with E-state index in [2.05, 4.69) is 22.5 Å². The number of piperidine rings is 1. The van der Waals surface area contributed by atoms with Crippen molar-refractivity contribution < 1.29 is 33.7 Å². The molecule has 214 valence electrons. The van der Waals surface area contributed by atoms with E-state index in [1.807, 2.05) is 42.5 Å². The van der Waals surface area contributed by atoms with Crippen LogP contribution in [0, 0.1) is 0 Å². The molecule has 11 heteroatoms. The molecule has 0 aromatic heterocycles. The number of anilines is 1. The first-order valence-corrected chi connectivity index (χ1v) is 13.3. The molecule has 2 aliphatic heterocycles. The molecule has 40 heavy (non-hydrogen) atoms. The topological polar surface area (TPSA) is 138 Å². The number of rotatable bonds is 16. The van der Waals surface area contributed by atoms with Crippen LogP contribution in [0.5, 0.6) is 0 Å². The summed E-state index contributed by atoms with van der Waals surface area (Å²) in [6, 6.07) is 12.8. The monoisotopic (exact) mass is 552 g/mol. The number of para-hydroxylation sites is 1. The van der Waals surface area contributed by atoms with Gasteiger partial charge in [-0.1, -0.05) is 43.0 Å². The van der Waals surface area contributed by atoms with E-state index in [1.165, 1.54) is 0 Å². The molecule has 1 unspecified atom stereocenters. The van der Waals surface area contributed by atoms with Crippen LogP contribution in [-0.2, 0) is 30.3 Å². The number of hydrogen-bond donors (Lipinski definition) is 4. The van der Waals surface area contributed by atoms with Gasteiger partial charge in [0, 0.05) is 36.5 Å². The standard InChI is InChI=1S/C29H36N4O7/c1-20(30-11-12-38-13-14-39-15-16-40-19-34)17-31-24-8-3-2-6-22(24)23-7-4-5-21-18-33(29(37)27(21)23)25-9-10-26(35)32-28(25)36/h2-8,25,30-31,34H,1,9-19H2,(H,32,35,36). The van der Waals surface area contributed by atoms with Crippen molar-refractivity contribution in [2.24, 2.45) is 0 Å². The lowest BCUT2D eigenvalue weighted by Gasteiger charge is -2.29. The van der Waals surface area contributed by atoms with Gasteiger partial charge in [-0.25, -0.2) is 0 Å². The molecule has 1 fully saturated rings. The quantitative estimate of drug-likeness (QED) is 0.139. The highest BCUT2D eigenvalue weighted by Crippen LogP contribution is 2.37. The van der Waals surface area contributed by atoms with Crippen LogP contribution in [0.1, 0.15) is 28.8 Å². The number of nitrogens with one attached hydrogen (secondary N) is 3. The molecule has 2 aromatic carbocycles. The molecule has 0 spiro atoms. The second-order valence-electron chi connectivity index (χ2n) is 9.43. The van der Waals surface area contributed by atoms with Crippen LogP contribution in [0.25, 0.3) is 11.1 Å². The van der Waals surface area contributed by atoms with Crippen molar-refractivity contribution in [2.45, 2.75) is 25.4 Å². The van der Waals surface area contributed by atoms with Gasteiger partial charge in [0.05, 0.1) is 45.1 Å². The normalized spacial score (nSPS) is 16.6. The largest absolute Gasteiger partial charge is 0.385 e. The molecule has 3 amide bonds. The van der Waals surface area contributed by atoms with E-state index < -0.39 is 11.9 Å². The van der Waals surface area contributed by atoms with Crippen molar-refractivity contribution in [3.05, 3.63) is 65.9 Å². The molecule has 0 bridgehead atoms. The van der Waals surface area contributed by atoms with Crippen LogP contribution < -0.4 is 16.0 Å². The van der Waals surface area contributed by atoms with Crippen molar-refractivity contribution in [2.75, 3.05) is 58.2 Å². The van der Waals surface area contributed by atoms with Crippen LogP contribution in [0.3, 0.4) is 0 Å². The third-order valence-corrected chi connectivity index (χ3v) is 6.72. The Balaban J connectivity index is 1.31. The molecule has 1 atom stereocenters. The summed E-state index contributed by atoms with van der Waals surface area (Å²) < 4.78 is 15.6. The Morgan fingerprint density at radius 1 is 0.975 bits per heavy atom. The summed E-state index contributed by atoms with van der Waals surface area (Å²) in [6.45, 7) is 7.31. The maximum absolute atomic E-state index is 13.5. The third kappa shape index (κ3) is 7.45. The van der Waals surface area contributed by atoms with Gasteiger partial charge in [-0.3, -0.25) is 19.7 Å². The number of aliphatic hydroxyl groups excluding tert-OH is 1. The van der Waals surface area contributed by atoms with Gasteiger partial charge in [0.15, 0.2) is 0 Å². The zero-order valence-corrected chi connectivity index (χ0v) is 22.4. The minimum Gasteiger partial charge on any atom is -0.385 e. The second kappa shape index (κ2) is 14.6.